The van der Waals surface area contributed by atoms with Gasteiger partial charge in [0.05, 0.1) is 17.8 Å². The van der Waals surface area contributed by atoms with E-state index in [1.165, 1.54) is 17.7 Å². The number of unbranched alkanes of at least 4 members (excludes halogenated alkanes) is 2. The van der Waals surface area contributed by atoms with E-state index >= 15 is 0 Å². The molecule has 1 fully saturated rings. The second-order valence-corrected chi connectivity index (χ2v) is 9.29. The van der Waals surface area contributed by atoms with Crippen LogP contribution in [0.2, 0.25) is 5.82 Å². The Kier molecular flexibility index (Phi) is 7.35. The van der Waals surface area contributed by atoms with Crippen LogP contribution in [0.25, 0.3) is 0 Å². The van der Waals surface area contributed by atoms with Crippen molar-refractivity contribution in [3.63, 3.8) is 0 Å². The van der Waals surface area contributed by atoms with E-state index in [2.05, 4.69) is 52.1 Å². The Bertz CT molecular complexity index is 457. The van der Waals surface area contributed by atoms with Gasteiger partial charge in [-0.05, 0) is 51.4 Å². The predicted molar refractivity (Wildman–Crippen MR) is 103 cm³/mol. The molecule has 2 rings (SSSR count). The summed E-state index contributed by atoms with van der Waals surface area (Å²) in [6, 6.07) is 4.20. The largest absolute Gasteiger partial charge is 0.460 e. The maximum Gasteiger partial charge on any atom is 0.460 e. The van der Waals surface area contributed by atoms with Crippen LogP contribution >= 0.6 is 11.3 Å². The number of rotatable bonds is 9. The minimum Gasteiger partial charge on any atom is -0.406 e. The number of hydrogen-bond acceptors (Lipinski definition) is 4. The molecular formula is C19H33BO3S. The van der Waals surface area contributed by atoms with Crippen LogP contribution in [-0.2, 0) is 20.7 Å². The molecule has 2 heterocycles. The topological polar surface area (TPSA) is 27.7 Å². The molecule has 0 radical (unpaired) electrons. The molecule has 0 N–H and O–H groups in total. The zero-order valence-electron chi connectivity index (χ0n) is 16.0. The first kappa shape index (κ1) is 20.0. The van der Waals surface area contributed by atoms with Crippen molar-refractivity contribution in [1.29, 1.82) is 0 Å². The molecule has 5 heteroatoms. The lowest BCUT2D eigenvalue weighted by atomic mass is 9.66. The van der Waals surface area contributed by atoms with E-state index in [0.717, 1.165) is 32.5 Å². The highest BCUT2D eigenvalue weighted by molar-refractivity contribution is 7.09. The van der Waals surface area contributed by atoms with Gasteiger partial charge in [0.2, 0.25) is 0 Å². The predicted octanol–water partition coefficient (Wildman–Crippen LogP) is 5.70. The molecule has 1 saturated heterocycles. The van der Waals surface area contributed by atoms with Gasteiger partial charge in [0, 0.05) is 17.9 Å². The molecule has 1 atom stereocenters. The van der Waals surface area contributed by atoms with Gasteiger partial charge in [-0.25, -0.2) is 0 Å². The fourth-order valence-corrected chi connectivity index (χ4v) is 4.19. The van der Waals surface area contributed by atoms with E-state index in [1.54, 1.807) is 11.3 Å². The summed E-state index contributed by atoms with van der Waals surface area (Å²) < 4.78 is 18.0. The second-order valence-electron chi connectivity index (χ2n) is 8.26. The molecule has 1 aromatic rings. The molecule has 136 valence electrons. The minimum absolute atomic E-state index is 0.0844. The Morgan fingerprint density at radius 2 is 1.88 bits per heavy atom. The quantitative estimate of drug-likeness (QED) is 0.422. The van der Waals surface area contributed by atoms with Gasteiger partial charge in [-0.1, -0.05) is 32.3 Å². The van der Waals surface area contributed by atoms with E-state index in [1.807, 2.05) is 0 Å². The molecule has 1 aliphatic rings. The van der Waals surface area contributed by atoms with Gasteiger partial charge in [0.1, 0.15) is 0 Å². The average Bonchev–Trinajstić information content (AvgIpc) is 2.96. The van der Waals surface area contributed by atoms with Crippen molar-refractivity contribution in [2.24, 2.45) is 0 Å². The summed E-state index contributed by atoms with van der Waals surface area (Å²) in [4.78, 5) is 1.31. The first-order valence-electron chi connectivity index (χ1n) is 9.23. The van der Waals surface area contributed by atoms with Crippen molar-refractivity contribution in [1.82, 2.24) is 0 Å². The van der Waals surface area contributed by atoms with E-state index < -0.39 is 0 Å². The summed E-state index contributed by atoms with van der Waals surface area (Å²) in [5.74, 6) is 0.427. The highest BCUT2D eigenvalue weighted by atomic mass is 32.1. The van der Waals surface area contributed by atoms with Gasteiger partial charge in [0.15, 0.2) is 0 Å². The lowest BCUT2D eigenvalue weighted by molar-refractivity contribution is -0.0798. The highest BCUT2D eigenvalue weighted by Gasteiger charge is 2.44. The van der Waals surface area contributed by atoms with Crippen LogP contribution in [0, 0.1) is 0 Å². The van der Waals surface area contributed by atoms with Crippen LogP contribution in [-0.4, -0.2) is 24.9 Å². The van der Waals surface area contributed by atoms with Gasteiger partial charge >= 0.3 is 7.12 Å². The average molecular weight is 352 g/mol. The lowest BCUT2D eigenvalue weighted by Gasteiger charge is -2.45. The summed E-state index contributed by atoms with van der Waals surface area (Å²) in [5.41, 5.74) is -0.202. The molecule has 1 aliphatic heterocycles. The lowest BCUT2D eigenvalue weighted by Crippen LogP contribution is -2.52. The standard InChI is InChI=1S/C19H33BO3S/c1-16(20-22-18(2,3)15-19(4,5)23-20)10-7-6-8-12-21-14-17-11-9-13-24-17/h9,11,13,16H,6-8,10,12,14-15H2,1-5H3/t16-/m0/s1. The third kappa shape index (κ3) is 6.87. The summed E-state index contributed by atoms with van der Waals surface area (Å²) in [6.45, 7) is 12.5. The number of thiophene rings is 1. The summed E-state index contributed by atoms with van der Waals surface area (Å²) in [6.07, 6.45) is 5.61. The van der Waals surface area contributed by atoms with Crippen molar-refractivity contribution in [2.75, 3.05) is 6.61 Å². The molecule has 0 bridgehead atoms. The molecule has 24 heavy (non-hydrogen) atoms. The smallest absolute Gasteiger partial charge is 0.406 e. The summed E-state index contributed by atoms with van der Waals surface area (Å²) in [5, 5.41) is 2.10. The van der Waals surface area contributed by atoms with Crippen LogP contribution in [0.4, 0.5) is 0 Å². The molecule has 1 aromatic heterocycles. The Hall–Kier alpha value is -0.355. The van der Waals surface area contributed by atoms with Crippen molar-refractivity contribution in [3.05, 3.63) is 22.4 Å². The molecule has 0 aliphatic carbocycles. The van der Waals surface area contributed by atoms with Gasteiger partial charge in [-0.3, -0.25) is 0 Å². The SMILES string of the molecule is C[C@@H](CCCCCOCc1cccs1)B1OC(C)(C)CC(C)(C)O1. The highest BCUT2D eigenvalue weighted by Crippen LogP contribution is 2.37. The number of hydrogen-bond donors (Lipinski definition) is 0. The Morgan fingerprint density at radius 1 is 1.17 bits per heavy atom. The van der Waals surface area contributed by atoms with Crippen molar-refractivity contribution >= 4 is 18.5 Å². The van der Waals surface area contributed by atoms with Gasteiger partial charge in [-0.2, -0.15) is 0 Å². The fourth-order valence-electron chi connectivity index (χ4n) is 3.54. The fraction of sp³-hybridized carbons (Fsp3) is 0.789. The van der Waals surface area contributed by atoms with Crippen LogP contribution in [0.5, 0.6) is 0 Å². The zero-order chi connectivity index (χ0) is 17.6. The van der Waals surface area contributed by atoms with Crippen molar-refractivity contribution < 1.29 is 14.0 Å². The maximum absolute atomic E-state index is 6.16. The molecule has 0 saturated carbocycles. The van der Waals surface area contributed by atoms with Gasteiger partial charge in [0.25, 0.3) is 0 Å². The molecule has 3 nitrogen and oxygen atoms in total. The van der Waals surface area contributed by atoms with Crippen LogP contribution in [0.3, 0.4) is 0 Å². The van der Waals surface area contributed by atoms with Crippen molar-refractivity contribution in [2.45, 2.75) is 90.3 Å². The van der Waals surface area contributed by atoms with Gasteiger partial charge < -0.3 is 14.0 Å². The van der Waals surface area contributed by atoms with Crippen molar-refractivity contribution in [3.8, 4) is 0 Å². The molecule has 0 spiro atoms. The minimum atomic E-state index is -0.101. The molecule has 0 amide bonds. The third-order valence-corrected chi connectivity index (χ3v) is 5.31. The van der Waals surface area contributed by atoms with E-state index in [-0.39, 0.29) is 18.3 Å². The molecular weight excluding hydrogens is 319 g/mol. The van der Waals surface area contributed by atoms with E-state index in [0.29, 0.717) is 5.82 Å². The van der Waals surface area contributed by atoms with Crippen LogP contribution in [0.1, 0.15) is 71.6 Å². The first-order chi connectivity index (χ1) is 11.3. The summed E-state index contributed by atoms with van der Waals surface area (Å²) >= 11 is 1.76. The molecule has 0 unspecified atom stereocenters. The Morgan fingerprint density at radius 3 is 2.50 bits per heavy atom. The van der Waals surface area contributed by atoms with E-state index in [4.69, 9.17) is 14.0 Å². The zero-order valence-corrected chi connectivity index (χ0v) is 16.8. The first-order valence-corrected chi connectivity index (χ1v) is 10.1. The second kappa shape index (κ2) is 8.84. The van der Waals surface area contributed by atoms with Crippen LogP contribution < -0.4 is 0 Å². The van der Waals surface area contributed by atoms with Crippen LogP contribution in [0.15, 0.2) is 17.5 Å². The molecule has 0 aromatic carbocycles. The summed E-state index contributed by atoms with van der Waals surface area (Å²) in [7, 11) is -0.0844. The monoisotopic (exact) mass is 352 g/mol. The normalized spacial score (nSPS) is 21.0. The Balaban J connectivity index is 1.58. The van der Waals surface area contributed by atoms with Gasteiger partial charge in [-0.15, -0.1) is 11.3 Å². The third-order valence-electron chi connectivity index (χ3n) is 4.46. The van der Waals surface area contributed by atoms with E-state index in [9.17, 15) is 0 Å². The maximum atomic E-state index is 6.16. The number of ether oxygens (including phenoxy) is 1. The Labute approximate surface area is 152 Å².